The van der Waals surface area contributed by atoms with E-state index in [1.807, 2.05) is 9.12 Å². The molecule has 17 heteroatoms. The van der Waals surface area contributed by atoms with Crippen molar-refractivity contribution in [3.63, 3.8) is 0 Å². The molecule has 0 amide bonds. The zero-order valence-corrected chi connectivity index (χ0v) is 13.3. The van der Waals surface area contributed by atoms with E-state index in [2.05, 4.69) is 0 Å². The van der Waals surface area contributed by atoms with Crippen LogP contribution in [-0.4, -0.2) is 38.6 Å². The number of benzene rings is 1. The molecule has 0 spiro atoms. The van der Waals surface area contributed by atoms with Gasteiger partial charge in [-0.15, -0.1) is 0 Å². The van der Waals surface area contributed by atoms with E-state index in [0.717, 1.165) is 0 Å². The first kappa shape index (κ1) is 21.6. The van der Waals surface area contributed by atoms with Crippen LogP contribution >= 0.6 is 0 Å². The van der Waals surface area contributed by atoms with Crippen molar-refractivity contribution in [1.29, 1.82) is 0 Å². The maximum Gasteiger partial charge on any atom is 0.499 e. The van der Waals surface area contributed by atoms with E-state index in [1.165, 1.54) is 0 Å². The summed E-state index contributed by atoms with van der Waals surface area (Å²) < 4.78 is 122. The number of hydrogen-bond donors (Lipinski definition) is 0. The van der Waals surface area contributed by atoms with Gasteiger partial charge in [-0.05, 0) is 23.5 Å². The first-order valence-corrected chi connectivity index (χ1v) is 8.56. The number of amidine groups is 1. The number of alkyl halides is 6. The predicted octanol–water partition coefficient (Wildman–Crippen LogP) is 2.41. The van der Waals surface area contributed by atoms with Gasteiger partial charge in [0.1, 0.15) is 0 Å². The summed E-state index contributed by atoms with van der Waals surface area (Å²) in [5.74, 6) is -1.98. The van der Waals surface area contributed by atoms with E-state index in [-0.39, 0.29) is 0 Å². The van der Waals surface area contributed by atoms with Crippen LogP contribution in [-0.2, 0) is 20.0 Å². The van der Waals surface area contributed by atoms with Crippen molar-refractivity contribution in [1.82, 2.24) is 0 Å². The van der Waals surface area contributed by atoms with Gasteiger partial charge in [0.15, 0.2) is 0 Å². The molecule has 26 heavy (non-hydrogen) atoms. The van der Waals surface area contributed by atoms with E-state index in [0.29, 0.717) is 24.3 Å². The molecule has 0 bridgehead atoms. The third-order valence-electron chi connectivity index (χ3n) is 2.33. The van der Waals surface area contributed by atoms with Crippen LogP contribution in [0.1, 0.15) is 5.56 Å². The maximum absolute atomic E-state index is 12.3. The van der Waals surface area contributed by atoms with Gasteiger partial charge in [0.05, 0.1) is 4.92 Å². The largest absolute Gasteiger partial charge is 0.499 e. The molecule has 0 aromatic heterocycles. The minimum Gasteiger partial charge on any atom is -0.349 e. The number of halogens is 6. The molecule has 0 N–H and O–H groups in total. The average Bonchev–Trinajstić information content (AvgIpc) is 2.43. The summed E-state index contributed by atoms with van der Waals surface area (Å²) in [6, 6.07) is 2.05. The van der Waals surface area contributed by atoms with E-state index >= 15 is 0 Å². The summed E-state index contributed by atoms with van der Waals surface area (Å²) in [5.41, 5.74) is -13.8. The zero-order valence-electron chi connectivity index (χ0n) is 11.7. The Morgan fingerprint density at radius 3 is 1.77 bits per heavy atom. The van der Waals surface area contributed by atoms with Crippen LogP contribution in [0.3, 0.4) is 0 Å². The highest BCUT2D eigenvalue weighted by molar-refractivity contribution is 7.96. The molecule has 0 aliphatic carbocycles. The summed E-state index contributed by atoms with van der Waals surface area (Å²) in [6.45, 7) is 0. The molecule has 0 heterocycles. The lowest BCUT2D eigenvalue weighted by atomic mass is 10.2. The van der Waals surface area contributed by atoms with Gasteiger partial charge < -0.3 is 9.12 Å². The molecule has 0 aliphatic heterocycles. The summed E-state index contributed by atoms with van der Waals surface area (Å²) in [7, 11) is -12.9. The summed E-state index contributed by atoms with van der Waals surface area (Å²) in [5, 5.41) is 10.5. The number of nitro benzene ring substituents is 1. The maximum atomic E-state index is 12.3. The first-order chi connectivity index (χ1) is 11.5. The van der Waals surface area contributed by atoms with Crippen LogP contribution in [0.2, 0.25) is 0 Å². The van der Waals surface area contributed by atoms with Gasteiger partial charge in [-0.3, -0.25) is 10.1 Å². The summed E-state index contributed by atoms with van der Waals surface area (Å²) >= 11 is 0. The lowest BCUT2D eigenvalue weighted by Gasteiger charge is -2.21. The molecule has 0 atom stereocenters. The number of nitrogens with zero attached hydrogens (tertiary/aromatic N) is 3. The molecule has 1 rings (SSSR count). The lowest BCUT2D eigenvalue weighted by Crippen LogP contribution is -2.26. The molecule has 1 aromatic rings. The van der Waals surface area contributed by atoms with Crippen molar-refractivity contribution in [3.8, 4) is 0 Å². The normalized spacial score (nSPS) is 14.2. The van der Waals surface area contributed by atoms with Gasteiger partial charge in [0, 0.05) is 12.1 Å². The second kappa shape index (κ2) is 6.71. The molecule has 0 fully saturated rings. The van der Waals surface area contributed by atoms with Crippen molar-refractivity contribution in [3.05, 3.63) is 44.7 Å². The molecular formula is C9H4F6N3O6S2-. The highest BCUT2D eigenvalue weighted by Gasteiger charge is 2.45. The Hall–Kier alpha value is -2.43. The van der Waals surface area contributed by atoms with E-state index in [1.54, 1.807) is 0 Å². The minimum atomic E-state index is -6.46. The molecule has 0 radical (unpaired) electrons. The van der Waals surface area contributed by atoms with Crippen molar-refractivity contribution < 1.29 is 48.1 Å². The first-order valence-electron chi connectivity index (χ1n) is 5.68. The Labute approximate surface area is 140 Å². The lowest BCUT2D eigenvalue weighted by molar-refractivity contribution is -0.384. The topological polar surface area (TPSA) is 138 Å². The van der Waals surface area contributed by atoms with E-state index in [9.17, 15) is 53.3 Å². The number of sulfonamides is 2. The Morgan fingerprint density at radius 2 is 1.42 bits per heavy atom. The number of hydrogen-bond acceptors (Lipinski definition) is 6. The third-order valence-corrected chi connectivity index (χ3v) is 4.33. The average molecular weight is 428 g/mol. The second-order valence-corrected chi connectivity index (χ2v) is 7.34. The van der Waals surface area contributed by atoms with Crippen LogP contribution in [0.15, 0.2) is 28.7 Å². The molecule has 9 nitrogen and oxygen atoms in total. The van der Waals surface area contributed by atoms with Crippen LogP contribution in [0.4, 0.5) is 32.0 Å². The van der Waals surface area contributed by atoms with Gasteiger partial charge in [-0.2, -0.15) is 26.3 Å². The van der Waals surface area contributed by atoms with Crippen LogP contribution in [0.25, 0.3) is 4.72 Å². The Kier molecular flexibility index (Phi) is 5.57. The fourth-order valence-corrected chi connectivity index (χ4v) is 2.19. The number of nitro groups is 1. The predicted molar refractivity (Wildman–Crippen MR) is 72.9 cm³/mol. The zero-order chi connectivity index (χ0) is 20.6. The molecular weight excluding hydrogens is 424 g/mol. The van der Waals surface area contributed by atoms with Crippen molar-refractivity contribution in [2.24, 2.45) is 4.40 Å². The molecule has 0 saturated heterocycles. The van der Waals surface area contributed by atoms with Crippen molar-refractivity contribution in [2.45, 2.75) is 11.0 Å². The van der Waals surface area contributed by atoms with Gasteiger partial charge in [-0.1, -0.05) is 0 Å². The van der Waals surface area contributed by atoms with Crippen LogP contribution < -0.4 is 0 Å². The standard InChI is InChI=1S/C9H4F6N3O6S2/c10-8(11,12)25(21,22)16-7(17-26(23,24)9(13,14)15)5-1-3-6(4-2-5)18(19)20/h1-4H/q-1. The molecule has 146 valence electrons. The smallest absolute Gasteiger partial charge is 0.349 e. The number of rotatable bonds is 4. The quantitative estimate of drug-likeness (QED) is 0.237. The fourth-order valence-electron chi connectivity index (χ4n) is 1.19. The minimum absolute atomic E-state index is 0.470. The molecule has 0 aliphatic rings. The SMILES string of the molecule is O=[N+]([O-])c1ccc(/C(=N/S(=O)(=O)C(F)(F)F)[N-]S(=O)(=O)C(F)(F)F)cc1. The third kappa shape index (κ3) is 4.81. The van der Waals surface area contributed by atoms with Crippen molar-refractivity contribution >= 4 is 31.6 Å². The second-order valence-electron chi connectivity index (χ2n) is 4.15. The molecule has 1 aromatic carbocycles. The fraction of sp³-hybridized carbons (Fsp3) is 0.222. The highest BCUT2D eigenvalue weighted by atomic mass is 32.2. The summed E-state index contributed by atoms with van der Waals surface area (Å²) in [6.07, 6.45) is 0. The Balaban J connectivity index is 3.56. The Bertz CT molecular complexity index is 934. The summed E-state index contributed by atoms with van der Waals surface area (Å²) in [4.78, 5) is 9.48. The van der Waals surface area contributed by atoms with Crippen LogP contribution in [0.5, 0.6) is 0 Å². The molecule has 0 unspecified atom stereocenters. The molecule has 0 saturated carbocycles. The van der Waals surface area contributed by atoms with Gasteiger partial charge in [0.25, 0.3) is 25.7 Å². The Morgan fingerprint density at radius 1 is 0.962 bits per heavy atom. The van der Waals surface area contributed by atoms with Crippen LogP contribution in [0, 0.1) is 10.1 Å². The van der Waals surface area contributed by atoms with Gasteiger partial charge >= 0.3 is 11.0 Å². The number of non-ortho nitro benzene ring substituents is 1. The van der Waals surface area contributed by atoms with Gasteiger partial charge in [0.2, 0.25) is 0 Å². The van der Waals surface area contributed by atoms with Crippen molar-refractivity contribution in [2.75, 3.05) is 0 Å². The monoisotopic (exact) mass is 428 g/mol. The van der Waals surface area contributed by atoms with Gasteiger partial charge in [-0.25, -0.2) is 16.8 Å². The van der Waals surface area contributed by atoms with E-state index in [4.69, 9.17) is 0 Å². The highest BCUT2D eigenvalue weighted by Crippen LogP contribution is 2.32. The van der Waals surface area contributed by atoms with E-state index < -0.39 is 53.1 Å².